The standard InChI is InChI=1S/C14H17ClN2O3S/c15-12-4-2-11(21-12)3-5-13(18)17-7-1-6-16(8-9-17)10-14(19)20/h2-5H,1,6-10H2,(H,19,20). The van der Waals surface area contributed by atoms with Gasteiger partial charge in [-0.3, -0.25) is 14.5 Å². The van der Waals surface area contributed by atoms with Crippen LogP contribution in [-0.2, 0) is 9.59 Å². The van der Waals surface area contributed by atoms with Gasteiger partial charge >= 0.3 is 5.97 Å². The summed E-state index contributed by atoms with van der Waals surface area (Å²) in [4.78, 5) is 27.4. The Morgan fingerprint density at radius 1 is 1.29 bits per heavy atom. The highest BCUT2D eigenvalue weighted by Gasteiger charge is 2.18. The monoisotopic (exact) mass is 328 g/mol. The molecule has 7 heteroatoms. The molecule has 2 heterocycles. The lowest BCUT2D eigenvalue weighted by molar-refractivity contribution is -0.138. The van der Waals surface area contributed by atoms with Crippen molar-refractivity contribution in [3.63, 3.8) is 0 Å². The normalized spacial score (nSPS) is 17.1. The van der Waals surface area contributed by atoms with E-state index >= 15 is 0 Å². The van der Waals surface area contributed by atoms with E-state index < -0.39 is 5.97 Å². The summed E-state index contributed by atoms with van der Waals surface area (Å²) in [6.45, 7) is 2.55. The molecule has 21 heavy (non-hydrogen) atoms. The first-order valence-corrected chi connectivity index (χ1v) is 7.90. The number of carboxylic acids is 1. The molecule has 1 aliphatic rings. The van der Waals surface area contributed by atoms with Crippen LogP contribution in [-0.4, -0.2) is 59.5 Å². The largest absolute Gasteiger partial charge is 0.480 e. The van der Waals surface area contributed by atoms with Crippen LogP contribution in [0.2, 0.25) is 4.34 Å². The molecular formula is C14H17ClN2O3S. The van der Waals surface area contributed by atoms with Crippen molar-refractivity contribution in [3.05, 3.63) is 27.4 Å². The molecule has 1 aromatic rings. The quantitative estimate of drug-likeness (QED) is 0.859. The number of aliphatic carboxylic acids is 1. The third kappa shape index (κ3) is 5.15. The number of hydrogen-bond donors (Lipinski definition) is 1. The lowest BCUT2D eigenvalue weighted by atomic mass is 10.3. The maximum absolute atomic E-state index is 12.1. The van der Waals surface area contributed by atoms with Gasteiger partial charge in [0.2, 0.25) is 5.91 Å². The minimum atomic E-state index is -0.829. The van der Waals surface area contributed by atoms with Gasteiger partial charge in [0.05, 0.1) is 10.9 Å². The highest BCUT2D eigenvalue weighted by atomic mass is 35.5. The second-order valence-corrected chi connectivity index (χ2v) is 6.57. The van der Waals surface area contributed by atoms with E-state index in [1.807, 2.05) is 11.0 Å². The van der Waals surface area contributed by atoms with Crippen LogP contribution in [0.3, 0.4) is 0 Å². The van der Waals surface area contributed by atoms with Crippen molar-refractivity contribution < 1.29 is 14.7 Å². The number of carbonyl (C=O) groups excluding carboxylic acids is 1. The number of thiophene rings is 1. The first-order chi connectivity index (χ1) is 10.0. The van der Waals surface area contributed by atoms with Crippen molar-refractivity contribution in [2.75, 3.05) is 32.7 Å². The molecule has 1 fully saturated rings. The van der Waals surface area contributed by atoms with E-state index in [0.29, 0.717) is 30.5 Å². The number of halogens is 1. The van der Waals surface area contributed by atoms with Gasteiger partial charge in [0.25, 0.3) is 0 Å². The fourth-order valence-electron chi connectivity index (χ4n) is 2.22. The number of carboxylic acid groups (broad SMARTS) is 1. The summed E-state index contributed by atoms with van der Waals surface area (Å²) in [5.74, 6) is -0.874. The van der Waals surface area contributed by atoms with E-state index in [2.05, 4.69) is 0 Å². The van der Waals surface area contributed by atoms with Gasteiger partial charge in [-0.05, 0) is 24.6 Å². The smallest absolute Gasteiger partial charge is 0.317 e. The zero-order valence-corrected chi connectivity index (χ0v) is 13.1. The van der Waals surface area contributed by atoms with Gasteiger partial charge in [0.1, 0.15) is 0 Å². The Morgan fingerprint density at radius 2 is 2.10 bits per heavy atom. The molecule has 0 bridgehead atoms. The lowest BCUT2D eigenvalue weighted by Crippen LogP contribution is -2.36. The molecule has 0 aromatic carbocycles. The maximum atomic E-state index is 12.1. The molecule has 1 N–H and O–H groups in total. The van der Waals surface area contributed by atoms with Gasteiger partial charge in [-0.15, -0.1) is 11.3 Å². The van der Waals surface area contributed by atoms with E-state index in [1.54, 1.807) is 23.1 Å². The zero-order chi connectivity index (χ0) is 15.2. The zero-order valence-electron chi connectivity index (χ0n) is 11.5. The minimum Gasteiger partial charge on any atom is -0.480 e. The van der Waals surface area contributed by atoms with E-state index in [4.69, 9.17) is 16.7 Å². The van der Waals surface area contributed by atoms with Crippen LogP contribution in [0.4, 0.5) is 0 Å². The Bertz CT molecular complexity index is 544. The Labute approximate surface area is 132 Å². The van der Waals surface area contributed by atoms with Gasteiger partial charge in [-0.2, -0.15) is 0 Å². The first-order valence-electron chi connectivity index (χ1n) is 6.71. The average molecular weight is 329 g/mol. The first kappa shape index (κ1) is 16.0. The molecule has 1 saturated heterocycles. The van der Waals surface area contributed by atoms with Gasteiger partial charge in [-0.1, -0.05) is 11.6 Å². The molecule has 0 atom stereocenters. The van der Waals surface area contributed by atoms with Crippen LogP contribution >= 0.6 is 22.9 Å². The van der Waals surface area contributed by atoms with Crippen molar-refractivity contribution in [3.8, 4) is 0 Å². The lowest BCUT2D eigenvalue weighted by Gasteiger charge is -2.19. The third-order valence-corrected chi connectivity index (χ3v) is 4.44. The van der Waals surface area contributed by atoms with E-state index in [1.165, 1.54) is 11.3 Å². The highest BCUT2D eigenvalue weighted by Crippen LogP contribution is 2.22. The topological polar surface area (TPSA) is 60.9 Å². The van der Waals surface area contributed by atoms with Crippen LogP contribution in [0.5, 0.6) is 0 Å². The Balaban J connectivity index is 1.88. The van der Waals surface area contributed by atoms with E-state index in [9.17, 15) is 9.59 Å². The summed E-state index contributed by atoms with van der Waals surface area (Å²) < 4.78 is 0.696. The molecule has 0 spiro atoms. The van der Waals surface area contributed by atoms with Crippen LogP contribution in [0.25, 0.3) is 6.08 Å². The molecule has 2 rings (SSSR count). The van der Waals surface area contributed by atoms with Crippen molar-refractivity contribution >= 4 is 40.9 Å². The fraction of sp³-hybridized carbons (Fsp3) is 0.429. The Hall–Kier alpha value is -1.37. The molecule has 0 unspecified atom stereocenters. The second kappa shape index (κ2) is 7.59. The molecular weight excluding hydrogens is 312 g/mol. The van der Waals surface area contributed by atoms with Gasteiger partial charge in [-0.25, -0.2) is 0 Å². The van der Waals surface area contributed by atoms with Crippen LogP contribution in [0.1, 0.15) is 11.3 Å². The summed E-state index contributed by atoms with van der Waals surface area (Å²) in [5.41, 5.74) is 0. The predicted molar refractivity (Wildman–Crippen MR) is 83.6 cm³/mol. The number of carbonyl (C=O) groups is 2. The van der Waals surface area contributed by atoms with Crippen LogP contribution in [0.15, 0.2) is 18.2 Å². The van der Waals surface area contributed by atoms with Gasteiger partial charge < -0.3 is 10.0 Å². The Kier molecular flexibility index (Phi) is 5.78. The second-order valence-electron chi connectivity index (χ2n) is 4.82. The summed E-state index contributed by atoms with van der Waals surface area (Å²) in [6, 6.07) is 3.67. The molecule has 0 saturated carbocycles. The molecule has 1 aliphatic heterocycles. The average Bonchev–Trinajstić information content (AvgIpc) is 2.70. The fourth-order valence-corrected chi connectivity index (χ4v) is 3.18. The Morgan fingerprint density at radius 3 is 2.76 bits per heavy atom. The van der Waals surface area contributed by atoms with Gasteiger partial charge in [0.15, 0.2) is 0 Å². The third-order valence-electron chi connectivity index (χ3n) is 3.24. The highest BCUT2D eigenvalue weighted by molar-refractivity contribution is 7.17. The number of amides is 1. The van der Waals surface area contributed by atoms with E-state index in [0.717, 1.165) is 11.3 Å². The summed E-state index contributed by atoms with van der Waals surface area (Å²) in [5, 5.41) is 8.80. The summed E-state index contributed by atoms with van der Waals surface area (Å²) >= 11 is 7.26. The number of hydrogen-bond acceptors (Lipinski definition) is 4. The predicted octanol–water partition coefficient (Wildman–Crippen LogP) is 2.03. The van der Waals surface area contributed by atoms with Gasteiger partial charge in [0, 0.05) is 37.1 Å². The number of nitrogens with zero attached hydrogens (tertiary/aromatic N) is 2. The molecule has 0 aliphatic carbocycles. The van der Waals surface area contributed by atoms with Crippen LogP contribution in [0, 0.1) is 0 Å². The van der Waals surface area contributed by atoms with Crippen molar-refractivity contribution in [2.24, 2.45) is 0 Å². The molecule has 114 valence electrons. The molecule has 1 aromatic heterocycles. The SMILES string of the molecule is O=C(O)CN1CCCN(C(=O)C=Cc2ccc(Cl)s2)CC1. The molecule has 0 radical (unpaired) electrons. The van der Waals surface area contributed by atoms with Crippen LogP contribution < -0.4 is 0 Å². The summed E-state index contributed by atoms with van der Waals surface area (Å²) in [7, 11) is 0. The van der Waals surface area contributed by atoms with Crippen molar-refractivity contribution in [1.82, 2.24) is 9.80 Å². The van der Waals surface area contributed by atoms with Crippen molar-refractivity contribution in [1.29, 1.82) is 0 Å². The number of rotatable bonds is 4. The molecule has 5 nitrogen and oxygen atoms in total. The van der Waals surface area contributed by atoms with Crippen molar-refractivity contribution in [2.45, 2.75) is 6.42 Å². The maximum Gasteiger partial charge on any atom is 0.317 e. The minimum absolute atomic E-state index is 0.0333. The summed E-state index contributed by atoms with van der Waals surface area (Å²) in [6.07, 6.45) is 4.10. The molecule has 1 amide bonds. The van der Waals surface area contributed by atoms with E-state index in [-0.39, 0.29) is 12.5 Å².